The number of nitrogens with zero attached hydrogens (tertiary/aromatic N) is 2. The Morgan fingerprint density at radius 2 is 2.14 bits per heavy atom. The highest BCUT2D eigenvalue weighted by atomic mass is 19.3. The quantitative estimate of drug-likeness (QED) is 0.879. The van der Waals surface area contributed by atoms with Crippen molar-refractivity contribution in [3.8, 4) is 5.75 Å². The molecule has 2 rings (SSSR count). The summed E-state index contributed by atoms with van der Waals surface area (Å²) in [5.41, 5.74) is 6.44. The standard InChI is InChI=1S/C13H14F2N4O2/c1-19-7-8(6-17-19)11(16)12(20)18-9-4-2-3-5-10(9)21-13(14)15/h2-7,11,13H,16H2,1H3,(H,18,20). The van der Waals surface area contributed by atoms with Crippen molar-refractivity contribution in [1.29, 1.82) is 0 Å². The van der Waals surface area contributed by atoms with Crippen LogP contribution >= 0.6 is 0 Å². The van der Waals surface area contributed by atoms with Crippen LogP contribution in [0.4, 0.5) is 14.5 Å². The molecule has 1 aromatic carbocycles. The van der Waals surface area contributed by atoms with Crippen LogP contribution in [0, 0.1) is 0 Å². The molecule has 0 aliphatic carbocycles. The Morgan fingerprint density at radius 3 is 2.76 bits per heavy atom. The van der Waals surface area contributed by atoms with Crippen LogP contribution in [0.25, 0.3) is 0 Å². The summed E-state index contributed by atoms with van der Waals surface area (Å²) in [6.07, 6.45) is 3.07. The minimum atomic E-state index is -2.98. The monoisotopic (exact) mass is 296 g/mol. The number of benzene rings is 1. The van der Waals surface area contributed by atoms with Gasteiger partial charge in [-0.25, -0.2) is 0 Å². The number of alkyl halides is 2. The summed E-state index contributed by atoms with van der Waals surface area (Å²) in [6.45, 7) is -2.98. The molecular formula is C13H14F2N4O2. The molecule has 0 aliphatic rings. The predicted octanol–water partition coefficient (Wildman–Crippen LogP) is 1.66. The molecule has 0 saturated carbocycles. The number of para-hydroxylation sites is 2. The van der Waals surface area contributed by atoms with E-state index in [1.807, 2.05) is 0 Å². The number of amides is 1. The van der Waals surface area contributed by atoms with Gasteiger partial charge in [-0.3, -0.25) is 9.48 Å². The lowest BCUT2D eigenvalue weighted by molar-refractivity contribution is -0.117. The molecule has 8 heteroatoms. The lowest BCUT2D eigenvalue weighted by Gasteiger charge is -2.14. The van der Waals surface area contributed by atoms with E-state index >= 15 is 0 Å². The second-order valence-electron chi connectivity index (χ2n) is 4.29. The van der Waals surface area contributed by atoms with Gasteiger partial charge in [0.05, 0.1) is 11.9 Å². The summed E-state index contributed by atoms with van der Waals surface area (Å²) in [4.78, 5) is 12.0. The first-order valence-electron chi connectivity index (χ1n) is 6.06. The molecule has 3 N–H and O–H groups in total. The molecule has 1 unspecified atom stereocenters. The molecule has 1 amide bonds. The molecular weight excluding hydrogens is 282 g/mol. The van der Waals surface area contributed by atoms with E-state index < -0.39 is 18.6 Å². The van der Waals surface area contributed by atoms with Gasteiger partial charge in [-0.15, -0.1) is 0 Å². The van der Waals surface area contributed by atoms with Crippen LogP contribution in [-0.2, 0) is 11.8 Å². The topological polar surface area (TPSA) is 82.2 Å². The van der Waals surface area contributed by atoms with Gasteiger partial charge in [0.1, 0.15) is 11.8 Å². The lowest BCUT2D eigenvalue weighted by Crippen LogP contribution is -2.27. The molecule has 0 spiro atoms. The van der Waals surface area contributed by atoms with E-state index in [-0.39, 0.29) is 11.4 Å². The first-order valence-corrected chi connectivity index (χ1v) is 6.06. The van der Waals surface area contributed by atoms with Gasteiger partial charge in [0.2, 0.25) is 5.91 Å². The van der Waals surface area contributed by atoms with Gasteiger partial charge in [0, 0.05) is 18.8 Å². The molecule has 0 bridgehead atoms. The SMILES string of the molecule is Cn1cc(C(N)C(=O)Nc2ccccc2OC(F)F)cn1. The second-order valence-corrected chi connectivity index (χ2v) is 4.29. The largest absolute Gasteiger partial charge is 0.433 e. The maximum absolute atomic E-state index is 12.3. The van der Waals surface area contributed by atoms with Crippen LogP contribution in [0.1, 0.15) is 11.6 Å². The number of hydrogen-bond donors (Lipinski definition) is 2. The van der Waals surface area contributed by atoms with Crippen LogP contribution in [0.3, 0.4) is 0 Å². The summed E-state index contributed by atoms with van der Waals surface area (Å²) in [5.74, 6) is -0.674. The molecule has 112 valence electrons. The van der Waals surface area contributed by atoms with Crippen molar-refractivity contribution in [3.63, 3.8) is 0 Å². The summed E-state index contributed by atoms with van der Waals surface area (Å²) in [6, 6.07) is 4.93. The van der Waals surface area contributed by atoms with E-state index in [1.54, 1.807) is 19.3 Å². The average molecular weight is 296 g/mol. The number of carbonyl (C=O) groups excluding carboxylic acids is 1. The summed E-state index contributed by atoms with van der Waals surface area (Å²) in [7, 11) is 1.69. The van der Waals surface area contributed by atoms with Crippen LogP contribution in [-0.4, -0.2) is 22.3 Å². The van der Waals surface area contributed by atoms with E-state index in [9.17, 15) is 13.6 Å². The molecule has 2 aromatic rings. The molecule has 1 atom stereocenters. The Morgan fingerprint density at radius 1 is 1.43 bits per heavy atom. The third-order valence-corrected chi connectivity index (χ3v) is 2.73. The molecule has 1 aromatic heterocycles. The number of aryl methyl sites for hydroxylation is 1. The van der Waals surface area contributed by atoms with Crippen molar-refractivity contribution in [2.24, 2.45) is 12.8 Å². The summed E-state index contributed by atoms with van der Waals surface area (Å²) >= 11 is 0. The van der Waals surface area contributed by atoms with Crippen molar-refractivity contribution in [3.05, 3.63) is 42.2 Å². The van der Waals surface area contributed by atoms with Gasteiger partial charge < -0.3 is 15.8 Å². The number of carbonyl (C=O) groups is 1. The smallest absolute Gasteiger partial charge is 0.387 e. The fourth-order valence-electron chi connectivity index (χ4n) is 1.73. The maximum Gasteiger partial charge on any atom is 0.387 e. The zero-order valence-electron chi connectivity index (χ0n) is 11.2. The van der Waals surface area contributed by atoms with Gasteiger partial charge in [-0.1, -0.05) is 12.1 Å². The van der Waals surface area contributed by atoms with Crippen LogP contribution < -0.4 is 15.8 Å². The zero-order valence-corrected chi connectivity index (χ0v) is 11.2. The van der Waals surface area contributed by atoms with Crippen LogP contribution in [0.15, 0.2) is 36.7 Å². The first-order chi connectivity index (χ1) is 9.97. The van der Waals surface area contributed by atoms with Gasteiger partial charge in [0.15, 0.2) is 0 Å². The first kappa shape index (κ1) is 14.9. The van der Waals surface area contributed by atoms with E-state index in [1.165, 1.54) is 29.1 Å². The van der Waals surface area contributed by atoms with Crippen molar-refractivity contribution in [2.45, 2.75) is 12.7 Å². The van der Waals surface area contributed by atoms with Crippen molar-refractivity contribution >= 4 is 11.6 Å². The number of anilines is 1. The number of hydrogen-bond acceptors (Lipinski definition) is 4. The Bertz CT molecular complexity index is 630. The van der Waals surface area contributed by atoms with Crippen LogP contribution in [0.2, 0.25) is 0 Å². The molecule has 6 nitrogen and oxygen atoms in total. The number of aromatic nitrogens is 2. The number of halogens is 2. The molecule has 0 fully saturated rings. The number of rotatable bonds is 5. The van der Waals surface area contributed by atoms with Gasteiger partial charge >= 0.3 is 6.61 Å². The second kappa shape index (κ2) is 6.31. The predicted molar refractivity (Wildman–Crippen MR) is 71.8 cm³/mol. The Kier molecular flexibility index (Phi) is 4.49. The molecule has 0 saturated heterocycles. The maximum atomic E-state index is 12.3. The van der Waals surface area contributed by atoms with Gasteiger partial charge in [-0.2, -0.15) is 13.9 Å². The Hall–Kier alpha value is -2.48. The minimum Gasteiger partial charge on any atom is -0.433 e. The van der Waals surface area contributed by atoms with Gasteiger partial charge in [0.25, 0.3) is 0 Å². The van der Waals surface area contributed by atoms with Gasteiger partial charge in [-0.05, 0) is 12.1 Å². The van der Waals surface area contributed by atoms with E-state index in [2.05, 4.69) is 15.2 Å². The van der Waals surface area contributed by atoms with Crippen molar-refractivity contribution in [1.82, 2.24) is 9.78 Å². The van der Waals surface area contributed by atoms with E-state index in [0.717, 1.165) is 0 Å². The fourth-order valence-corrected chi connectivity index (χ4v) is 1.73. The molecule has 21 heavy (non-hydrogen) atoms. The third-order valence-electron chi connectivity index (χ3n) is 2.73. The minimum absolute atomic E-state index is 0.126. The normalized spacial score (nSPS) is 12.2. The third kappa shape index (κ3) is 3.76. The average Bonchev–Trinajstić information content (AvgIpc) is 2.86. The highest BCUT2D eigenvalue weighted by molar-refractivity contribution is 5.96. The Labute approximate surface area is 119 Å². The van der Waals surface area contributed by atoms with Crippen molar-refractivity contribution < 1.29 is 18.3 Å². The van der Waals surface area contributed by atoms with Crippen LogP contribution in [0.5, 0.6) is 5.75 Å². The Balaban J connectivity index is 2.12. The number of nitrogens with two attached hydrogens (primary N) is 1. The summed E-state index contributed by atoms with van der Waals surface area (Å²) in [5, 5.41) is 6.38. The van der Waals surface area contributed by atoms with E-state index in [0.29, 0.717) is 5.56 Å². The molecule has 0 aliphatic heterocycles. The number of nitrogens with one attached hydrogen (secondary N) is 1. The van der Waals surface area contributed by atoms with Crippen molar-refractivity contribution in [2.75, 3.05) is 5.32 Å². The number of ether oxygens (including phenoxy) is 1. The fraction of sp³-hybridized carbons (Fsp3) is 0.231. The zero-order chi connectivity index (χ0) is 15.4. The highest BCUT2D eigenvalue weighted by Gasteiger charge is 2.19. The molecule has 1 heterocycles. The lowest BCUT2D eigenvalue weighted by atomic mass is 10.1. The summed E-state index contributed by atoms with van der Waals surface area (Å²) < 4.78 is 30.4. The molecule has 0 radical (unpaired) electrons. The highest BCUT2D eigenvalue weighted by Crippen LogP contribution is 2.26. The van der Waals surface area contributed by atoms with E-state index in [4.69, 9.17) is 5.73 Å².